The van der Waals surface area contributed by atoms with Crippen LogP contribution >= 0.6 is 0 Å². The molecule has 0 unspecified atom stereocenters. The number of fused-ring (bicyclic) bond motifs is 1. The molecule has 2 fully saturated rings. The quantitative estimate of drug-likeness (QED) is 0.657. The van der Waals surface area contributed by atoms with Crippen molar-refractivity contribution in [3.8, 4) is 11.3 Å². The first kappa shape index (κ1) is 19.1. The molecule has 1 aromatic carbocycles. The second-order valence-electron chi connectivity index (χ2n) is 8.13. The van der Waals surface area contributed by atoms with Crippen molar-refractivity contribution in [2.24, 2.45) is 7.05 Å². The molecule has 0 aliphatic carbocycles. The number of rotatable bonds is 2. The lowest BCUT2D eigenvalue weighted by Gasteiger charge is -2.37. The molecule has 3 aromatic rings. The molecule has 0 radical (unpaired) electrons. The van der Waals surface area contributed by atoms with Gasteiger partial charge in [0.2, 0.25) is 0 Å². The van der Waals surface area contributed by atoms with Gasteiger partial charge in [-0.1, -0.05) is 30.3 Å². The van der Waals surface area contributed by atoms with E-state index in [-0.39, 0.29) is 6.03 Å². The van der Waals surface area contributed by atoms with Crippen LogP contribution in [0.1, 0.15) is 24.5 Å². The summed E-state index contributed by atoms with van der Waals surface area (Å²) in [5.74, 6) is 0.348. The Bertz CT molecular complexity index is 1030. The van der Waals surface area contributed by atoms with E-state index in [0.29, 0.717) is 32.2 Å². The van der Waals surface area contributed by atoms with E-state index in [0.717, 1.165) is 53.9 Å². The number of benzene rings is 1. The third-order valence-electron chi connectivity index (χ3n) is 6.25. The average molecular weight is 406 g/mol. The molecule has 2 aliphatic heterocycles. The summed E-state index contributed by atoms with van der Waals surface area (Å²) in [5, 5.41) is 0. The first-order valence-electron chi connectivity index (χ1n) is 10.7. The molecule has 0 spiro atoms. The summed E-state index contributed by atoms with van der Waals surface area (Å²) in [7, 11) is 2.03. The van der Waals surface area contributed by atoms with Gasteiger partial charge in [-0.05, 0) is 18.9 Å². The Morgan fingerprint density at radius 2 is 1.73 bits per heavy atom. The molecule has 0 N–H and O–H groups in total. The number of imidazole rings is 1. The number of pyridine rings is 1. The Balaban J connectivity index is 1.38. The van der Waals surface area contributed by atoms with Gasteiger partial charge in [0.1, 0.15) is 5.52 Å². The van der Waals surface area contributed by atoms with Crippen LogP contribution in [0.25, 0.3) is 22.3 Å². The van der Waals surface area contributed by atoms with Gasteiger partial charge >= 0.3 is 6.03 Å². The summed E-state index contributed by atoms with van der Waals surface area (Å²) in [6.07, 6.45) is 3.72. The highest BCUT2D eigenvalue weighted by atomic mass is 16.5. The van der Waals surface area contributed by atoms with Crippen molar-refractivity contribution in [3.05, 3.63) is 48.4 Å². The van der Waals surface area contributed by atoms with Gasteiger partial charge in [0.25, 0.3) is 0 Å². The van der Waals surface area contributed by atoms with E-state index in [1.54, 1.807) is 0 Å². The number of nitrogens with zero attached hydrogens (tertiary/aromatic N) is 5. The number of piperidine rings is 1. The van der Waals surface area contributed by atoms with E-state index in [1.807, 2.05) is 41.4 Å². The Morgan fingerprint density at radius 1 is 1.03 bits per heavy atom. The van der Waals surface area contributed by atoms with Gasteiger partial charge in [0.15, 0.2) is 0 Å². The molecule has 2 aliphatic rings. The topological polar surface area (TPSA) is 63.5 Å². The lowest BCUT2D eigenvalue weighted by Crippen LogP contribution is -2.50. The second kappa shape index (κ2) is 8.07. The highest BCUT2D eigenvalue weighted by Gasteiger charge is 2.29. The predicted molar refractivity (Wildman–Crippen MR) is 115 cm³/mol. The zero-order chi connectivity index (χ0) is 20.5. The fraction of sp³-hybridized carbons (Fsp3) is 0.435. The molecule has 0 saturated carbocycles. The normalized spacial score (nSPS) is 18.2. The zero-order valence-electron chi connectivity index (χ0n) is 17.3. The van der Waals surface area contributed by atoms with E-state index in [2.05, 4.69) is 27.8 Å². The molecule has 5 rings (SSSR count). The Kier molecular flexibility index (Phi) is 5.12. The van der Waals surface area contributed by atoms with E-state index < -0.39 is 0 Å². The summed E-state index contributed by atoms with van der Waals surface area (Å²) < 4.78 is 7.43. The number of aromatic nitrogens is 3. The zero-order valence-corrected chi connectivity index (χ0v) is 17.3. The van der Waals surface area contributed by atoms with Crippen molar-refractivity contribution in [2.45, 2.75) is 18.8 Å². The number of amides is 2. The molecule has 0 atom stereocenters. The minimum Gasteiger partial charge on any atom is -0.378 e. The number of aryl methyl sites for hydroxylation is 1. The van der Waals surface area contributed by atoms with Crippen molar-refractivity contribution >= 4 is 17.1 Å². The third kappa shape index (κ3) is 3.54. The van der Waals surface area contributed by atoms with Crippen molar-refractivity contribution in [1.82, 2.24) is 24.3 Å². The van der Waals surface area contributed by atoms with Crippen LogP contribution in [0.5, 0.6) is 0 Å². The van der Waals surface area contributed by atoms with Gasteiger partial charge in [0, 0.05) is 50.4 Å². The third-order valence-corrected chi connectivity index (χ3v) is 6.25. The number of ether oxygens (including phenoxy) is 1. The summed E-state index contributed by atoms with van der Waals surface area (Å²) in [6.45, 7) is 4.20. The number of carbonyl (C=O) groups is 1. The number of hydrogen-bond acceptors (Lipinski definition) is 4. The molecule has 7 heteroatoms. The maximum Gasteiger partial charge on any atom is 0.320 e. The summed E-state index contributed by atoms with van der Waals surface area (Å²) in [5.41, 5.74) is 5.17. The molecule has 156 valence electrons. The van der Waals surface area contributed by atoms with Crippen LogP contribution in [-0.2, 0) is 11.8 Å². The molecular formula is C23H27N5O2. The van der Waals surface area contributed by atoms with Crippen LogP contribution in [0, 0.1) is 0 Å². The highest BCUT2D eigenvalue weighted by molar-refractivity contribution is 5.90. The SMILES string of the molecule is Cn1cnc2c(-c3ccccc3)nc(C3CCN(C(=O)N4CCOCC4)CC3)cc21. The Hall–Kier alpha value is -2.93. The van der Waals surface area contributed by atoms with Crippen LogP contribution in [0.15, 0.2) is 42.7 Å². The first-order chi connectivity index (χ1) is 14.7. The van der Waals surface area contributed by atoms with Gasteiger partial charge in [-0.2, -0.15) is 0 Å². The van der Waals surface area contributed by atoms with E-state index in [4.69, 9.17) is 9.72 Å². The fourth-order valence-corrected chi connectivity index (χ4v) is 4.47. The maximum absolute atomic E-state index is 12.8. The molecule has 7 nitrogen and oxygen atoms in total. The van der Waals surface area contributed by atoms with Crippen LogP contribution < -0.4 is 0 Å². The van der Waals surface area contributed by atoms with Crippen molar-refractivity contribution < 1.29 is 9.53 Å². The molecular weight excluding hydrogens is 378 g/mol. The van der Waals surface area contributed by atoms with Crippen LogP contribution in [0.4, 0.5) is 4.79 Å². The van der Waals surface area contributed by atoms with Crippen LogP contribution in [0.2, 0.25) is 0 Å². The predicted octanol–water partition coefficient (Wildman–Crippen LogP) is 3.27. The monoisotopic (exact) mass is 405 g/mol. The molecule has 30 heavy (non-hydrogen) atoms. The van der Waals surface area contributed by atoms with E-state index >= 15 is 0 Å². The number of carbonyl (C=O) groups excluding carboxylic acids is 1. The second-order valence-corrected chi connectivity index (χ2v) is 8.13. The molecule has 2 aromatic heterocycles. The number of hydrogen-bond donors (Lipinski definition) is 0. The smallest absolute Gasteiger partial charge is 0.320 e. The molecule has 2 saturated heterocycles. The van der Waals surface area contributed by atoms with Gasteiger partial charge in [-0.15, -0.1) is 0 Å². The van der Waals surface area contributed by atoms with Crippen molar-refractivity contribution in [3.63, 3.8) is 0 Å². The number of likely N-dealkylation sites (tertiary alicyclic amines) is 1. The van der Waals surface area contributed by atoms with Crippen LogP contribution in [0.3, 0.4) is 0 Å². The number of urea groups is 1. The van der Waals surface area contributed by atoms with Gasteiger partial charge in [-0.3, -0.25) is 4.98 Å². The summed E-state index contributed by atoms with van der Waals surface area (Å²) in [6, 6.07) is 12.6. The van der Waals surface area contributed by atoms with E-state index in [9.17, 15) is 4.79 Å². The van der Waals surface area contributed by atoms with Crippen molar-refractivity contribution in [2.75, 3.05) is 39.4 Å². The van der Waals surface area contributed by atoms with Crippen LogP contribution in [-0.4, -0.2) is 69.8 Å². The molecule has 4 heterocycles. The minimum absolute atomic E-state index is 0.150. The van der Waals surface area contributed by atoms with E-state index in [1.165, 1.54) is 0 Å². The molecule has 2 amide bonds. The Labute approximate surface area is 176 Å². The Morgan fingerprint density at radius 3 is 2.47 bits per heavy atom. The van der Waals surface area contributed by atoms with Gasteiger partial charge < -0.3 is 19.1 Å². The van der Waals surface area contributed by atoms with Crippen molar-refractivity contribution in [1.29, 1.82) is 0 Å². The number of morpholine rings is 1. The first-order valence-corrected chi connectivity index (χ1v) is 10.7. The standard InChI is InChI=1S/C23H27N5O2/c1-26-16-24-22-20(26)15-19(25-21(22)18-5-3-2-4-6-18)17-7-9-27(10-8-17)23(29)28-11-13-30-14-12-28/h2-6,15-17H,7-14H2,1H3. The summed E-state index contributed by atoms with van der Waals surface area (Å²) in [4.78, 5) is 26.4. The van der Waals surface area contributed by atoms with Gasteiger partial charge in [0.05, 0.1) is 30.8 Å². The average Bonchev–Trinajstić information content (AvgIpc) is 3.20. The summed E-state index contributed by atoms with van der Waals surface area (Å²) >= 11 is 0. The fourth-order valence-electron chi connectivity index (χ4n) is 4.47. The van der Waals surface area contributed by atoms with Gasteiger partial charge in [-0.25, -0.2) is 9.78 Å². The highest BCUT2D eigenvalue weighted by Crippen LogP contribution is 2.33. The lowest BCUT2D eigenvalue weighted by molar-refractivity contribution is 0.0411. The lowest BCUT2D eigenvalue weighted by atomic mass is 9.92. The minimum atomic E-state index is 0.150. The molecule has 0 bridgehead atoms. The maximum atomic E-state index is 12.8. The largest absolute Gasteiger partial charge is 0.378 e.